The Labute approximate surface area is 229 Å². The summed E-state index contributed by atoms with van der Waals surface area (Å²) < 4.78 is 6.86. The first-order valence-corrected chi connectivity index (χ1v) is 12.5. The van der Waals surface area contributed by atoms with Crippen LogP contribution < -0.4 is 21.9 Å². The third-order valence-electron chi connectivity index (χ3n) is 5.95. The molecule has 1 atom stereocenters. The standard InChI is InChI=1S/C27H32N6O7/c1-16(2)14-17-8-6-11-20-23(17)31-22(33(20)27(38)39)15-32-13-7-10-19(25(32)36)29-24(35)18(30-26(37)40-3)9-4-5-12-21(28)34/h5-8,10-13,16,18H,4,9,14-15H2,1-3H3,(H2,28,34)(H,29,35)(H,30,37)(H,38,39)/b12-5+/t18-/m0/s1. The molecule has 13 nitrogen and oxygen atoms in total. The number of pyridine rings is 1. The van der Waals surface area contributed by atoms with Crippen molar-refractivity contribution in [3.8, 4) is 0 Å². The first kappa shape index (κ1) is 29.6. The number of nitrogens with two attached hydrogens (primary N) is 1. The number of anilines is 1. The zero-order valence-electron chi connectivity index (χ0n) is 22.4. The number of aromatic nitrogens is 3. The Balaban J connectivity index is 1.89. The first-order valence-electron chi connectivity index (χ1n) is 12.5. The average Bonchev–Trinajstić information content (AvgIpc) is 3.26. The van der Waals surface area contributed by atoms with Crippen LogP contribution >= 0.6 is 0 Å². The maximum Gasteiger partial charge on any atom is 0.417 e. The van der Waals surface area contributed by atoms with E-state index in [0.29, 0.717) is 23.4 Å². The van der Waals surface area contributed by atoms with Gasteiger partial charge in [-0.1, -0.05) is 32.1 Å². The SMILES string of the molecule is COC(=O)N[C@@H](CC/C=C/C(N)=O)C(=O)Nc1cccn(Cc2nc3c(CC(C)C)cccc3n2C(=O)O)c1=O. The summed E-state index contributed by atoms with van der Waals surface area (Å²) in [6.45, 7) is 3.93. The number of nitrogens with zero attached hydrogens (tertiary/aromatic N) is 3. The fraction of sp³-hybridized carbons (Fsp3) is 0.333. The van der Waals surface area contributed by atoms with E-state index in [9.17, 15) is 29.1 Å². The van der Waals surface area contributed by atoms with Crippen LogP contribution in [0.5, 0.6) is 0 Å². The van der Waals surface area contributed by atoms with Gasteiger partial charge in [0.05, 0.1) is 24.7 Å². The number of carbonyl (C=O) groups excluding carboxylic acids is 3. The van der Waals surface area contributed by atoms with Crippen molar-refractivity contribution in [2.24, 2.45) is 11.7 Å². The minimum absolute atomic E-state index is 0.0877. The molecule has 0 fully saturated rings. The number of primary amides is 1. The predicted molar refractivity (Wildman–Crippen MR) is 147 cm³/mol. The molecule has 0 saturated carbocycles. The number of benzene rings is 1. The lowest BCUT2D eigenvalue weighted by atomic mass is 10.0. The number of hydrogen-bond acceptors (Lipinski definition) is 7. The molecule has 0 aliphatic heterocycles. The molecule has 0 unspecified atom stereocenters. The lowest BCUT2D eigenvalue weighted by Gasteiger charge is -2.17. The number of nitrogens with one attached hydrogen (secondary N) is 2. The van der Waals surface area contributed by atoms with Crippen molar-refractivity contribution < 1.29 is 29.0 Å². The molecule has 40 heavy (non-hydrogen) atoms. The topological polar surface area (TPSA) is 188 Å². The Bertz CT molecular complexity index is 1500. The molecule has 0 aliphatic carbocycles. The predicted octanol–water partition coefficient (Wildman–Crippen LogP) is 2.46. The van der Waals surface area contributed by atoms with Crippen LogP contribution in [0, 0.1) is 5.92 Å². The van der Waals surface area contributed by atoms with Gasteiger partial charge in [0.2, 0.25) is 11.8 Å². The third-order valence-corrected chi connectivity index (χ3v) is 5.95. The molecule has 2 heterocycles. The molecule has 0 saturated heterocycles. The van der Waals surface area contributed by atoms with Gasteiger partial charge in [0.1, 0.15) is 17.6 Å². The molecule has 13 heteroatoms. The van der Waals surface area contributed by atoms with Gasteiger partial charge in [-0.2, -0.15) is 0 Å². The third kappa shape index (κ3) is 7.34. The van der Waals surface area contributed by atoms with Gasteiger partial charge in [-0.25, -0.2) is 19.1 Å². The molecule has 2 aromatic heterocycles. The second-order valence-electron chi connectivity index (χ2n) is 9.44. The van der Waals surface area contributed by atoms with Crippen LogP contribution in [-0.4, -0.2) is 56.4 Å². The van der Waals surface area contributed by atoms with Crippen molar-refractivity contribution in [2.45, 2.75) is 45.7 Å². The van der Waals surface area contributed by atoms with Crippen LogP contribution in [0.15, 0.2) is 53.5 Å². The first-order chi connectivity index (χ1) is 19.0. The fourth-order valence-corrected chi connectivity index (χ4v) is 4.19. The maximum absolute atomic E-state index is 13.2. The van der Waals surface area contributed by atoms with Crippen molar-refractivity contribution in [3.05, 3.63) is 70.4 Å². The lowest BCUT2D eigenvalue weighted by molar-refractivity contribution is -0.118. The highest BCUT2D eigenvalue weighted by Crippen LogP contribution is 2.23. The molecule has 0 radical (unpaired) electrons. The minimum Gasteiger partial charge on any atom is -0.464 e. The number of para-hydroxylation sites is 1. The second-order valence-corrected chi connectivity index (χ2v) is 9.44. The number of imidazole rings is 1. The molecule has 3 aromatic rings. The molecule has 0 bridgehead atoms. The van der Waals surface area contributed by atoms with E-state index in [1.807, 2.05) is 6.07 Å². The number of allylic oxidation sites excluding steroid dienone is 1. The van der Waals surface area contributed by atoms with E-state index in [4.69, 9.17) is 5.73 Å². The van der Waals surface area contributed by atoms with E-state index in [1.54, 1.807) is 12.1 Å². The largest absolute Gasteiger partial charge is 0.464 e. The minimum atomic E-state index is -1.24. The average molecular weight is 553 g/mol. The van der Waals surface area contributed by atoms with E-state index in [-0.39, 0.29) is 30.9 Å². The number of methoxy groups -OCH3 is 1. The quantitative estimate of drug-likeness (QED) is 0.261. The zero-order chi connectivity index (χ0) is 29.4. The monoisotopic (exact) mass is 552 g/mol. The smallest absolute Gasteiger partial charge is 0.417 e. The number of fused-ring (bicyclic) bond motifs is 1. The van der Waals surface area contributed by atoms with Crippen LogP contribution in [-0.2, 0) is 27.3 Å². The number of carbonyl (C=O) groups is 4. The summed E-state index contributed by atoms with van der Waals surface area (Å²) >= 11 is 0. The van der Waals surface area contributed by atoms with Crippen molar-refractivity contribution in [3.63, 3.8) is 0 Å². The molecule has 1 aromatic carbocycles. The molecule has 0 aliphatic rings. The molecule has 3 rings (SSSR count). The van der Waals surface area contributed by atoms with E-state index in [2.05, 4.69) is 34.2 Å². The van der Waals surface area contributed by atoms with Gasteiger partial charge in [-0.15, -0.1) is 0 Å². The molecular weight excluding hydrogens is 520 g/mol. The van der Waals surface area contributed by atoms with Gasteiger partial charge < -0.3 is 30.8 Å². The number of alkyl carbamates (subject to hydrolysis) is 1. The Morgan fingerprint density at radius 3 is 2.58 bits per heavy atom. The highest BCUT2D eigenvalue weighted by molar-refractivity contribution is 5.96. The van der Waals surface area contributed by atoms with Crippen molar-refractivity contribution in [1.82, 2.24) is 19.4 Å². The van der Waals surface area contributed by atoms with E-state index in [1.165, 1.54) is 29.0 Å². The van der Waals surface area contributed by atoms with Crippen LogP contribution in [0.3, 0.4) is 0 Å². The normalized spacial score (nSPS) is 12.0. The van der Waals surface area contributed by atoms with Crippen molar-refractivity contribution >= 4 is 40.7 Å². The Kier molecular flexibility index (Phi) is 9.79. The molecule has 3 amide bonds. The van der Waals surface area contributed by atoms with E-state index >= 15 is 0 Å². The van der Waals surface area contributed by atoms with Gasteiger partial charge in [-0.3, -0.25) is 14.4 Å². The summed E-state index contributed by atoms with van der Waals surface area (Å²) in [6, 6.07) is 7.16. The lowest BCUT2D eigenvalue weighted by Crippen LogP contribution is -2.44. The summed E-state index contributed by atoms with van der Waals surface area (Å²) in [7, 11) is 1.14. The van der Waals surface area contributed by atoms with Gasteiger partial charge in [0.25, 0.3) is 5.56 Å². The van der Waals surface area contributed by atoms with Gasteiger partial charge in [0, 0.05) is 6.20 Å². The Morgan fingerprint density at radius 2 is 1.93 bits per heavy atom. The Morgan fingerprint density at radius 1 is 1.18 bits per heavy atom. The number of carboxylic acid groups (broad SMARTS) is 1. The Hall–Kier alpha value is -4.94. The van der Waals surface area contributed by atoms with Gasteiger partial charge in [0.15, 0.2) is 0 Å². The number of ether oxygens (including phenoxy) is 1. The molecule has 0 spiro atoms. The second kappa shape index (κ2) is 13.2. The fourth-order valence-electron chi connectivity index (χ4n) is 4.19. The van der Waals surface area contributed by atoms with E-state index < -0.39 is 35.6 Å². The van der Waals surface area contributed by atoms with Gasteiger partial charge in [-0.05, 0) is 55.0 Å². The number of amides is 3. The number of rotatable bonds is 11. The summed E-state index contributed by atoms with van der Waals surface area (Å²) in [6.07, 6.45) is 2.98. The highest BCUT2D eigenvalue weighted by Gasteiger charge is 2.23. The summed E-state index contributed by atoms with van der Waals surface area (Å²) in [5.41, 5.74) is 6.24. The molecule has 5 N–H and O–H groups in total. The van der Waals surface area contributed by atoms with Crippen LogP contribution in [0.4, 0.5) is 15.3 Å². The van der Waals surface area contributed by atoms with Crippen molar-refractivity contribution in [1.29, 1.82) is 0 Å². The highest BCUT2D eigenvalue weighted by atomic mass is 16.5. The summed E-state index contributed by atoms with van der Waals surface area (Å²) in [5, 5.41) is 14.8. The van der Waals surface area contributed by atoms with E-state index in [0.717, 1.165) is 23.3 Å². The summed E-state index contributed by atoms with van der Waals surface area (Å²) in [5.74, 6) is -0.887. The van der Waals surface area contributed by atoms with Crippen LogP contribution in [0.2, 0.25) is 0 Å². The van der Waals surface area contributed by atoms with Crippen LogP contribution in [0.1, 0.15) is 38.1 Å². The molecular formula is C27H32N6O7. The summed E-state index contributed by atoms with van der Waals surface area (Å²) in [4.78, 5) is 65.6. The zero-order valence-corrected chi connectivity index (χ0v) is 22.4. The van der Waals surface area contributed by atoms with Crippen LogP contribution in [0.25, 0.3) is 11.0 Å². The molecule has 212 valence electrons. The maximum atomic E-state index is 13.2. The number of hydrogen-bond donors (Lipinski definition) is 4. The van der Waals surface area contributed by atoms with Gasteiger partial charge >= 0.3 is 12.2 Å². The van der Waals surface area contributed by atoms with Crippen molar-refractivity contribution in [2.75, 3.05) is 12.4 Å².